The smallest absolute Gasteiger partial charge is 0.120 e. The molecule has 0 amide bonds. The zero-order chi connectivity index (χ0) is 13.5. The van der Waals surface area contributed by atoms with E-state index in [0.29, 0.717) is 12.0 Å². The molecule has 0 saturated carbocycles. The minimum absolute atomic E-state index is 0.331. The van der Waals surface area contributed by atoms with Crippen LogP contribution in [0.4, 0.5) is 0 Å². The minimum atomic E-state index is 0.331. The maximum absolute atomic E-state index is 5.47. The van der Waals surface area contributed by atoms with Crippen LogP contribution in [0, 0.1) is 0 Å². The Labute approximate surface area is 115 Å². The van der Waals surface area contributed by atoms with Crippen LogP contribution >= 0.6 is 0 Å². The van der Waals surface area contributed by atoms with Crippen LogP contribution in [0.1, 0.15) is 50.0 Å². The van der Waals surface area contributed by atoms with Gasteiger partial charge in [0.05, 0.1) is 12.3 Å². The Kier molecular flexibility index (Phi) is 5.22. The van der Waals surface area contributed by atoms with E-state index in [0.717, 1.165) is 25.1 Å². The van der Waals surface area contributed by atoms with Crippen LogP contribution in [0.3, 0.4) is 0 Å². The van der Waals surface area contributed by atoms with E-state index in [-0.39, 0.29) is 0 Å². The summed E-state index contributed by atoms with van der Waals surface area (Å²) in [6.07, 6.45) is 3.93. The molecule has 1 heterocycles. The van der Waals surface area contributed by atoms with Crippen molar-refractivity contribution in [1.29, 1.82) is 0 Å². The second kappa shape index (κ2) is 7.15. The second-order valence-corrected chi connectivity index (χ2v) is 5.03. The van der Waals surface area contributed by atoms with Crippen LogP contribution in [0.2, 0.25) is 0 Å². The van der Waals surface area contributed by atoms with Gasteiger partial charge in [0.2, 0.25) is 0 Å². The van der Waals surface area contributed by atoms with Gasteiger partial charge < -0.3 is 9.73 Å². The summed E-state index contributed by atoms with van der Waals surface area (Å²) in [6.45, 7) is 5.47. The number of rotatable bonds is 7. The molecule has 1 aromatic heterocycles. The molecular weight excluding hydrogens is 234 g/mol. The van der Waals surface area contributed by atoms with Crippen molar-refractivity contribution in [2.45, 2.75) is 38.6 Å². The van der Waals surface area contributed by atoms with Gasteiger partial charge in [-0.2, -0.15) is 0 Å². The van der Waals surface area contributed by atoms with Crippen LogP contribution in [0.5, 0.6) is 0 Å². The van der Waals surface area contributed by atoms with Gasteiger partial charge >= 0.3 is 0 Å². The molecule has 0 aliphatic carbocycles. The van der Waals surface area contributed by atoms with Crippen molar-refractivity contribution < 1.29 is 4.42 Å². The number of furan rings is 1. The van der Waals surface area contributed by atoms with Gasteiger partial charge in [-0.15, -0.1) is 0 Å². The molecule has 2 unspecified atom stereocenters. The van der Waals surface area contributed by atoms with Crippen LogP contribution in [0.25, 0.3) is 0 Å². The molecule has 2 nitrogen and oxygen atoms in total. The van der Waals surface area contributed by atoms with Crippen molar-refractivity contribution >= 4 is 0 Å². The third kappa shape index (κ3) is 3.97. The van der Waals surface area contributed by atoms with Crippen molar-refractivity contribution in [3.05, 3.63) is 60.1 Å². The van der Waals surface area contributed by atoms with Gasteiger partial charge in [-0.1, -0.05) is 44.2 Å². The zero-order valence-corrected chi connectivity index (χ0v) is 11.8. The summed E-state index contributed by atoms with van der Waals surface area (Å²) in [5.74, 6) is 1.62. The summed E-state index contributed by atoms with van der Waals surface area (Å²) >= 11 is 0. The molecule has 2 atom stereocenters. The van der Waals surface area contributed by atoms with Crippen molar-refractivity contribution in [3.8, 4) is 0 Å². The van der Waals surface area contributed by atoms with E-state index in [9.17, 15) is 0 Å². The fourth-order valence-electron chi connectivity index (χ4n) is 2.36. The summed E-state index contributed by atoms with van der Waals surface area (Å²) in [5.41, 5.74) is 1.41. The average Bonchev–Trinajstić information content (AvgIpc) is 2.98. The monoisotopic (exact) mass is 257 g/mol. The maximum atomic E-state index is 5.47. The normalized spacial score (nSPS) is 14.2. The van der Waals surface area contributed by atoms with E-state index in [1.807, 2.05) is 12.1 Å². The Hall–Kier alpha value is -1.54. The number of hydrogen-bond acceptors (Lipinski definition) is 2. The predicted octanol–water partition coefficient (Wildman–Crippen LogP) is 4.51. The van der Waals surface area contributed by atoms with Gasteiger partial charge in [0.1, 0.15) is 5.76 Å². The Balaban J connectivity index is 1.80. The standard InChI is InChI=1S/C17H23NO/c1-3-16(17-10-7-13-19-17)18-12-11-14(2)15-8-5-4-6-9-15/h4-10,13-14,16,18H,3,11-12H2,1-2H3. The first kappa shape index (κ1) is 13.9. The molecule has 2 aromatic rings. The summed E-state index contributed by atoms with van der Waals surface area (Å²) in [6, 6.07) is 15.0. The highest BCUT2D eigenvalue weighted by atomic mass is 16.3. The highest BCUT2D eigenvalue weighted by molar-refractivity contribution is 5.18. The molecule has 0 radical (unpaired) electrons. The lowest BCUT2D eigenvalue weighted by Gasteiger charge is -2.17. The molecule has 0 saturated heterocycles. The molecule has 0 fully saturated rings. The first-order chi connectivity index (χ1) is 9.31. The largest absolute Gasteiger partial charge is 0.468 e. The molecular formula is C17H23NO. The first-order valence-electron chi connectivity index (χ1n) is 7.13. The van der Waals surface area contributed by atoms with Gasteiger partial charge in [0.25, 0.3) is 0 Å². The number of hydrogen-bond donors (Lipinski definition) is 1. The van der Waals surface area contributed by atoms with Crippen LogP contribution < -0.4 is 5.32 Å². The van der Waals surface area contributed by atoms with Gasteiger partial charge in [0, 0.05) is 0 Å². The molecule has 0 bridgehead atoms. The highest BCUT2D eigenvalue weighted by Crippen LogP contribution is 2.20. The van der Waals surface area contributed by atoms with Crippen molar-refractivity contribution in [1.82, 2.24) is 5.32 Å². The summed E-state index contributed by atoms with van der Waals surface area (Å²) in [4.78, 5) is 0. The SMILES string of the molecule is CCC(NCCC(C)c1ccccc1)c1ccco1. The van der Waals surface area contributed by atoms with Crippen molar-refractivity contribution in [3.63, 3.8) is 0 Å². The van der Waals surface area contributed by atoms with Gasteiger partial charge in [-0.3, -0.25) is 0 Å². The second-order valence-electron chi connectivity index (χ2n) is 5.03. The lowest BCUT2D eigenvalue weighted by Crippen LogP contribution is -2.22. The van der Waals surface area contributed by atoms with Gasteiger partial charge in [-0.05, 0) is 43.0 Å². The van der Waals surface area contributed by atoms with E-state index < -0.39 is 0 Å². The Bertz CT molecular complexity index is 449. The Morgan fingerprint density at radius 3 is 2.53 bits per heavy atom. The molecule has 2 heteroatoms. The van der Waals surface area contributed by atoms with Gasteiger partial charge in [-0.25, -0.2) is 0 Å². The molecule has 2 rings (SSSR count). The molecule has 19 heavy (non-hydrogen) atoms. The Morgan fingerprint density at radius 2 is 1.89 bits per heavy atom. The van der Waals surface area contributed by atoms with E-state index in [4.69, 9.17) is 4.42 Å². The quantitative estimate of drug-likeness (QED) is 0.789. The van der Waals surface area contributed by atoms with E-state index >= 15 is 0 Å². The predicted molar refractivity (Wildman–Crippen MR) is 79.2 cm³/mol. The average molecular weight is 257 g/mol. The molecule has 0 spiro atoms. The lowest BCUT2D eigenvalue weighted by atomic mass is 9.98. The number of nitrogens with one attached hydrogen (secondary N) is 1. The maximum Gasteiger partial charge on any atom is 0.120 e. The number of benzene rings is 1. The summed E-state index contributed by atoms with van der Waals surface area (Å²) in [7, 11) is 0. The summed E-state index contributed by atoms with van der Waals surface area (Å²) in [5, 5.41) is 3.58. The van der Waals surface area contributed by atoms with E-state index in [2.05, 4.69) is 49.5 Å². The molecule has 0 aliphatic heterocycles. The molecule has 1 aromatic carbocycles. The molecule has 1 N–H and O–H groups in total. The molecule has 0 aliphatic rings. The van der Waals surface area contributed by atoms with E-state index in [1.165, 1.54) is 5.56 Å². The summed E-state index contributed by atoms with van der Waals surface area (Å²) < 4.78 is 5.47. The fourth-order valence-corrected chi connectivity index (χ4v) is 2.36. The third-order valence-electron chi connectivity index (χ3n) is 3.63. The van der Waals surface area contributed by atoms with Crippen LogP contribution in [0.15, 0.2) is 53.1 Å². The van der Waals surface area contributed by atoms with Crippen LogP contribution in [-0.2, 0) is 0 Å². The highest BCUT2D eigenvalue weighted by Gasteiger charge is 2.12. The third-order valence-corrected chi connectivity index (χ3v) is 3.63. The first-order valence-corrected chi connectivity index (χ1v) is 7.13. The Morgan fingerprint density at radius 1 is 1.11 bits per heavy atom. The van der Waals surface area contributed by atoms with Crippen molar-refractivity contribution in [2.75, 3.05) is 6.54 Å². The van der Waals surface area contributed by atoms with Gasteiger partial charge in [0.15, 0.2) is 0 Å². The van der Waals surface area contributed by atoms with Crippen LogP contribution in [-0.4, -0.2) is 6.54 Å². The minimum Gasteiger partial charge on any atom is -0.468 e. The van der Waals surface area contributed by atoms with Crippen molar-refractivity contribution in [2.24, 2.45) is 0 Å². The van der Waals surface area contributed by atoms with E-state index in [1.54, 1.807) is 6.26 Å². The zero-order valence-electron chi connectivity index (χ0n) is 11.8. The molecule has 102 valence electrons. The fraction of sp³-hybridized carbons (Fsp3) is 0.412. The lowest BCUT2D eigenvalue weighted by molar-refractivity contribution is 0.398. The topological polar surface area (TPSA) is 25.2 Å².